The smallest absolute Gasteiger partial charge is 0.211 e. The fraction of sp³-hybridized carbons (Fsp3) is 0.941. The molecule has 0 aromatic carbocycles. The monoisotopic (exact) mass is 486 g/mol. The van der Waals surface area contributed by atoms with Crippen LogP contribution in [0.1, 0.15) is 58.8 Å². The van der Waals surface area contributed by atoms with Crippen LogP contribution in [0.5, 0.6) is 0 Å². The van der Waals surface area contributed by atoms with Crippen LogP contribution < -0.4 is 10.0 Å². The SMILES string of the molecule is CCNC(=NCCCNS(=O)(=O)CC)N1CCC2(CCCCC2)C1.I. The lowest BCUT2D eigenvalue weighted by atomic mass is 9.73. The largest absolute Gasteiger partial charge is 0.357 e. The van der Waals surface area contributed by atoms with E-state index in [0.717, 1.165) is 32.0 Å². The summed E-state index contributed by atoms with van der Waals surface area (Å²) in [5.41, 5.74) is 0.519. The van der Waals surface area contributed by atoms with Gasteiger partial charge in [0.25, 0.3) is 0 Å². The molecule has 0 amide bonds. The summed E-state index contributed by atoms with van der Waals surface area (Å²) < 4.78 is 25.4. The number of nitrogens with zero attached hydrogens (tertiary/aromatic N) is 2. The van der Waals surface area contributed by atoms with Gasteiger partial charge in [-0.3, -0.25) is 4.99 Å². The van der Waals surface area contributed by atoms with E-state index in [9.17, 15) is 8.42 Å². The van der Waals surface area contributed by atoms with Crippen molar-refractivity contribution >= 4 is 40.0 Å². The van der Waals surface area contributed by atoms with E-state index < -0.39 is 10.0 Å². The molecule has 25 heavy (non-hydrogen) atoms. The maximum atomic E-state index is 11.4. The van der Waals surface area contributed by atoms with Gasteiger partial charge in [0.05, 0.1) is 5.75 Å². The van der Waals surface area contributed by atoms with Crippen LogP contribution in [0.2, 0.25) is 0 Å². The van der Waals surface area contributed by atoms with Crippen LogP contribution in [0.25, 0.3) is 0 Å². The lowest BCUT2D eigenvalue weighted by molar-refractivity contribution is 0.203. The van der Waals surface area contributed by atoms with Gasteiger partial charge in [0.2, 0.25) is 10.0 Å². The number of halogens is 1. The van der Waals surface area contributed by atoms with Crippen molar-refractivity contribution < 1.29 is 8.42 Å². The van der Waals surface area contributed by atoms with E-state index in [2.05, 4.69) is 21.9 Å². The topological polar surface area (TPSA) is 73.8 Å². The molecule has 1 saturated carbocycles. The molecule has 0 bridgehead atoms. The van der Waals surface area contributed by atoms with Crippen molar-refractivity contribution in [3.05, 3.63) is 0 Å². The average molecular weight is 486 g/mol. The molecule has 0 atom stereocenters. The van der Waals surface area contributed by atoms with Crippen LogP contribution >= 0.6 is 24.0 Å². The standard InChI is InChI=1S/C17H34N4O2S.HI/c1-3-18-16(19-12-8-13-20-24(22,23)4-2)21-14-11-17(15-21)9-6-5-7-10-17;/h20H,3-15H2,1-2H3,(H,18,19);1H. The van der Waals surface area contributed by atoms with Gasteiger partial charge in [0, 0.05) is 32.7 Å². The van der Waals surface area contributed by atoms with Gasteiger partial charge in [0.1, 0.15) is 0 Å². The Kier molecular flexibility index (Phi) is 10.0. The molecule has 148 valence electrons. The first kappa shape index (κ1) is 23.0. The maximum Gasteiger partial charge on any atom is 0.211 e. The number of rotatable bonds is 7. The summed E-state index contributed by atoms with van der Waals surface area (Å²) in [5, 5.41) is 3.40. The minimum absolute atomic E-state index is 0. The Morgan fingerprint density at radius 3 is 2.52 bits per heavy atom. The third-order valence-corrected chi connectivity index (χ3v) is 6.69. The lowest BCUT2D eigenvalue weighted by Gasteiger charge is -2.33. The first-order chi connectivity index (χ1) is 11.5. The molecule has 0 unspecified atom stereocenters. The third-order valence-electron chi connectivity index (χ3n) is 5.29. The number of aliphatic imine (C=N–C) groups is 1. The Labute approximate surface area is 170 Å². The first-order valence-electron chi connectivity index (χ1n) is 9.51. The third kappa shape index (κ3) is 7.21. The zero-order valence-electron chi connectivity index (χ0n) is 15.7. The van der Waals surface area contributed by atoms with E-state index in [4.69, 9.17) is 4.99 Å². The van der Waals surface area contributed by atoms with E-state index in [1.54, 1.807) is 6.92 Å². The van der Waals surface area contributed by atoms with E-state index in [-0.39, 0.29) is 29.7 Å². The zero-order valence-corrected chi connectivity index (χ0v) is 18.9. The molecule has 2 N–H and O–H groups in total. The normalized spacial score (nSPS) is 20.6. The molecule has 2 rings (SSSR count). The van der Waals surface area contributed by atoms with Gasteiger partial charge in [-0.15, -0.1) is 24.0 Å². The molecule has 2 aliphatic rings. The van der Waals surface area contributed by atoms with Crippen molar-refractivity contribution in [2.75, 3.05) is 38.5 Å². The molecule has 0 aromatic heterocycles. The van der Waals surface area contributed by atoms with Gasteiger partial charge in [-0.05, 0) is 44.9 Å². The van der Waals surface area contributed by atoms with E-state index in [1.807, 2.05) is 0 Å². The Hall–Kier alpha value is -0.0900. The second-order valence-corrected chi connectivity index (χ2v) is 9.21. The number of hydrogen-bond acceptors (Lipinski definition) is 3. The predicted molar refractivity (Wildman–Crippen MR) is 115 cm³/mol. The van der Waals surface area contributed by atoms with Crippen LogP contribution in [-0.4, -0.2) is 57.8 Å². The van der Waals surface area contributed by atoms with Crippen molar-refractivity contribution in [3.8, 4) is 0 Å². The molecule has 1 heterocycles. The molecule has 1 saturated heterocycles. The summed E-state index contributed by atoms with van der Waals surface area (Å²) in [6.07, 6.45) is 8.88. The molecule has 2 fully saturated rings. The summed E-state index contributed by atoms with van der Waals surface area (Å²) >= 11 is 0. The van der Waals surface area contributed by atoms with Gasteiger partial charge in [-0.2, -0.15) is 0 Å². The Morgan fingerprint density at radius 1 is 1.16 bits per heavy atom. The first-order valence-corrected chi connectivity index (χ1v) is 11.2. The lowest BCUT2D eigenvalue weighted by Crippen LogP contribution is -2.41. The summed E-state index contributed by atoms with van der Waals surface area (Å²) in [6.45, 7) is 7.94. The zero-order chi connectivity index (χ0) is 17.5. The highest BCUT2D eigenvalue weighted by molar-refractivity contribution is 14.0. The number of sulfonamides is 1. The van der Waals surface area contributed by atoms with Gasteiger partial charge in [-0.1, -0.05) is 19.3 Å². The fourth-order valence-electron chi connectivity index (χ4n) is 3.85. The Morgan fingerprint density at radius 2 is 1.88 bits per heavy atom. The van der Waals surface area contributed by atoms with Crippen molar-refractivity contribution in [2.24, 2.45) is 10.4 Å². The van der Waals surface area contributed by atoms with E-state index in [1.165, 1.54) is 38.5 Å². The number of hydrogen-bond donors (Lipinski definition) is 2. The predicted octanol–water partition coefficient (Wildman–Crippen LogP) is 2.56. The van der Waals surface area contributed by atoms with Gasteiger partial charge >= 0.3 is 0 Å². The molecule has 0 aromatic rings. The van der Waals surface area contributed by atoms with Crippen molar-refractivity contribution in [1.29, 1.82) is 0 Å². The number of nitrogens with one attached hydrogen (secondary N) is 2. The molecule has 6 nitrogen and oxygen atoms in total. The molecular formula is C17H35IN4O2S. The molecular weight excluding hydrogens is 451 g/mol. The van der Waals surface area contributed by atoms with Crippen LogP contribution in [0.4, 0.5) is 0 Å². The van der Waals surface area contributed by atoms with Crippen molar-refractivity contribution in [3.63, 3.8) is 0 Å². The molecule has 0 radical (unpaired) electrons. The summed E-state index contributed by atoms with van der Waals surface area (Å²) in [6, 6.07) is 0. The summed E-state index contributed by atoms with van der Waals surface area (Å²) in [5.74, 6) is 1.13. The number of guanidine groups is 1. The van der Waals surface area contributed by atoms with Crippen LogP contribution in [0, 0.1) is 5.41 Å². The quantitative estimate of drug-likeness (QED) is 0.251. The molecule has 1 aliphatic heterocycles. The minimum Gasteiger partial charge on any atom is -0.357 e. The summed E-state index contributed by atoms with van der Waals surface area (Å²) in [7, 11) is -3.09. The highest BCUT2D eigenvalue weighted by atomic mass is 127. The van der Waals surface area contributed by atoms with Crippen LogP contribution in [0.3, 0.4) is 0 Å². The maximum absolute atomic E-state index is 11.4. The van der Waals surface area contributed by atoms with Gasteiger partial charge in [0.15, 0.2) is 5.96 Å². The molecule has 8 heteroatoms. The van der Waals surface area contributed by atoms with Gasteiger partial charge in [-0.25, -0.2) is 13.1 Å². The minimum atomic E-state index is -3.09. The second-order valence-electron chi connectivity index (χ2n) is 7.12. The Balaban J connectivity index is 0.00000312. The summed E-state index contributed by atoms with van der Waals surface area (Å²) in [4.78, 5) is 7.12. The van der Waals surface area contributed by atoms with Crippen LogP contribution in [-0.2, 0) is 10.0 Å². The van der Waals surface area contributed by atoms with Crippen molar-refractivity contribution in [2.45, 2.75) is 58.8 Å². The highest BCUT2D eigenvalue weighted by Crippen LogP contribution is 2.43. The second kappa shape index (κ2) is 10.9. The van der Waals surface area contributed by atoms with E-state index in [0.29, 0.717) is 18.5 Å². The average Bonchev–Trinajstić information content (AvgIpc) is 2.97. The number of likely N-dealkylation sites (tertiary alicyclic amines) is 1. The highest BCUT2D eigenvalue weighted by Gasteiger charge is 2.39. The Bertz CT molecular complexity index is 519. The van der Waals surface area contributed by atoms with Gasteiger partial charge < -0.3 is 10.2 Å². The fourth-order valence-corrected chi connectivity index (χ4v) is 4.50. The van der Waals surface area contributed by atoms with Crippen molar-refractivity contribution in [1.82, 2.24) is 14.9 Å². The van der Waals surface area contributed by atoms with Crippen LogP contribution in [0.15, 0.2) is 4.99 Å². The molecule has 1 aliphatic carbocycles. The van der Waals surface area contributed by atoms with E-state index >= 15 is 0 Å². The molecule has 1 spiro atoms.